The average molecular weight is 508 g/mol. The number of hydrogen-bond acceptors (Lipinski definition) is 6. The van der Waals surface area contributed by atoms with Crippen LogP contribution in [0.3, 0.4) is 0 Å². The van der Waals surface area contributed by atoms with Crippen molar-refractivity contribution < 1.29 is 9.59 Å². The minimum Gasteiger partial charge on any atom is -0.356 e. The molecule has 0 unspecified atom stereocenters. The van der Waals surface area contributed by atoms with Crippen LogP contribution in [-0.4, -0.2) is 39.4 Å². The molecule has 3 aromatic rings. The number of aryl methyl sites for hydroxylation is 1. The molecule has 4 heterocycles. The van der Waals surface area contributed by atoms with Crippen molar-refractivity contribution in [2.45, 2.75) is 26.2 Å². The molecule has 2 saturated heterocycles. The number of halogens is 1. The van der Waals surface area contributed by atoms with E-state index in [4.69, 9.17) is 28.8 Å². The standard InChI is InChI=1S/C25H22ClN5O3S/c1-15-6-5-13-30-20(15)27-21(29-11-3-2-4-12-29)18(23(30)33)14-19-22(32)28-25(35)31(24(19)34)17-9-7-16(26)8-10-17/h5-10,13-14H,2-4,11-12H2,1H3,(H,28,32,35)/b19-14-. The number of piperidine rings is 1. The number of amides is 2. The van der Waals surface area contributed by atoms with Gasteiger partial charge in [-0.25, -0.2) is 4.98 Å². The molecular weight excluding hydrogens is 486 g/mol. The van der Waals surface area contributed by atoms with E-state index in [1.54, 1.807) is 36.5 Å². The van der Waals surface area contributed by atoms with Crippen LogP contribution in [0.4, 0.5) is 11.5 Å². The van der Waals surface area contributed by atoms with E-state index in [9.17, 15) is 14.4 Å². The van der Waals surface area contributed by atoms with Crippen molar-refractivity contribution in [3.05, 3.63) is 74.7 Å². The molecule has 0 radical (unpaired) electrons. The predicted octanol–water partition coefficient (Wildman–Crippen LogP) is 3.48. The Hall–Kier alpha value is -3.56. The van der Waals surface area contributed by atoms with Gasteiger partial charge >= 0.3 is 0 Å². The Morgan fingerprint density at radius 2 is 1.77 bits per heavy atom. The number of thiocarbonyl (C=S) groups is 1. The van der Waals surface area contributed by atoms with Crippen LogP contribution >= 0.6 is 23.8 Å². The molecule has 0 aliphatic carbocycles. The third-order valence-corrected chi connectivity index (χ3v) is 6.73. The van der Waals surface area contributed by atoms with E-state index in [0.29, 0.717) is 22.2 Å². The van der Waals surface area contributed by atoms with Crippen molar-refractivity contribution in [3.63, 3.8) is 0 Å². The van der Waals surface area contributed by atoms with Crippen molar-refractivity contribution in [1.29, 1.82) is 0 Å². The van der Waals surface area contributed by atoms with E-state index < -0.39 is 11.8 Å². The minimum atomic E-state index is -0.663. The molecule has 2 aliphatic rings. The number of rotatable bonds is 3. The van der Waals surface area contributed by atoms with Crippen LogP contribution in [-0.2, 0) is 9.59 Å². The van der Waals surface area contributed by atoms with Gasteiger partial charge in [-0.3, -0.25) is 29.0 Å². The summed E-state index contributed by atoms with van der Waals surface area (Å²) < 4.78 is 1.45. The van der Waals surface area contributed by atoms with E-state index in [2.05, 4.69) is 10.2 Å². The number of hydrogen-bond donors (Lipinski definition) is 1. The number of anilines is 2. The number of carbonyl (C=O) groups is 2. The number of nitrogens with zero attached hydrogens (tertiary/aromatic N) is 4. The Labute approximate surface area is 211 Å². The maximum atomic E-state index is 13.6. The van der Waals surface area contributed by atoms with E-state index in [1.807, 2.05) is 13.0 Å². The topological polar surface area (TPSA) is 87.0 Å². The minimum absolute atomic E-state index is 0.0419. The first-order chi connectivity index (χ1) is 16.8. The van der Waals surface area contributed by atoms with Gasteiger partial charge in [0.2, 0.25) is 0 Å². The summed E-state index contributed by atoms with van der Waals surface area (Å²) in [4.78, 5) is 48.1. The Kier molecular flexibility index (Phi) is 6.12. The number of pyridine rings is 1. The van der Waals surface area contributed by atoms with Gasteiger partial charge in [-0.2, -0.15) is 0 Å². The van der Waals surface area contributed by atoms with E-state index >= 15 is 0 Å². The lowest BCUT2D eigenvalue weighted by atomic mass is 10.1. The quantitative estimate of drug-likeness (QED) is 0.332. The molecule has 2 aliphatic heterocycles. The molecule has 10 heteroatoms. The van der Waals surface area contributed by atoms with Crippen LogP contribution in [0.15, 0.2) is 53.0 Å². The Morgan fingerprint density at radius 1 is 1.06 bits per heavy atom. The van der Waals surface area contributed by atoms with Gasteiger partial charge in [0, 0.05) is 24.3 Å². The number of aromatic nitrogens is 2. The molecule has 35 heavy (non-hydrogen) atoms. The van der Waals surface area contributed by atoms with Gasteiger partial charge in [-0.15, -0.1) is 0 Å². The largest absolute Gasteiger partial charge is 0.356 e. The average Bonchev–Trinajstić information content (AvgIpc) is 2.85. The molecular formula is C25H22ClN5O3S. The normalized spacial score (nSPS) is 17.9. The molecule has 178 valence electrons. The first-order valence-corrected chi connectivity index (χ1v) is 12.1. The fraction of sp³-hybridized carbons (Fsp3) is 0.240. The maximum Gasteiger partial charge on any atom is 0.270 e. The van der Waals surface area contributed by atoms with Gasteiger partial charge in [-0.1, -0.05) is 17.7 Å². The highest BCUT2D eigenvalue weighted by Crippen LogP contribution is 2.27. The smallest absolute Gasteiger partial charge is 0.270 e. The fourth-order valence-electron chi connectivity index (χ4n) is 4.40. The molecule has 2 fully saturated rings. The second kappa shape index (κ2) is 9.24. The van der Waals surface area contributed by atoms with Crippen LogP contribution in [0.1, 0.15) is 30.4 Å². The van der Waals surface area contributed by atoms with Crippen molar-refractivity contribution in [1.82, 2.24) is 14.7 Å². The van der Waals surface area contributed by atoms with Gasteiger partial charge in [-0.05, 0) is 80.4 Å². The van der Waals surface area contributed by atoms with Gasteiger partial charge in [0.15, 0.2) is 5.11 Å². The number of carbonyl (C=O) groups excluding carboxylic acids is 2. The molecule has 0 spiro atoms. The van der Waals surface area contributed by atoms with Crippen LogP contribution in [0.25, 0.3) is 11.7 Å². The summed E-state index contributed by atoms with van der Waals surface area (Å²) in [6, 6.07) is 10.2. The third kappa shape index (κ3) is 4.21. The Balaban J connectivity index is 1.68. The second-order valence-electron chi connectivity index (χ2n) is 8.52. The zero-order chi connectivity index (χ0) is 24.7. The second-order valence-corrected chi connectivity index (χ2v) is 9.34. The summed E-state index contributed by atoms with van der Waals surface area (Å²) in [6.45, 7) is 3.38. The Morgan fingerprint density at radius 3 is 2.49 bits per heavy atom. The summed E-state index contributed by atoms with van der Waals surface area (Å²) >= 11 is 11.3. The van der Waals surface area contributed by atoms with Crippen molar-refractivity contribution in [2.75, 3.05) is 22.9 Å². The first-order valence-electron chi connectivity index (χ1n) is 11.3. The fourth-order valence-corrected chi connectivity index (χ4v) is 4.81. The zero-order valence-electron chi connectivity index (χ0n) is 19.0. The maximum absolute atomic E-state index is 13.6. The molecule has 0 bridgehead atoms. The zero-order valence-corrected chi connectivity index (χ0v) is 20.5. The monoisotopic (exact) mass is 507 g/mol. The number of nitrogens with one attached hydrogen (secondary N) is 1. The van der Waals surface area contributed by atoms with Gasteiger partial charge in [0.1, 0.15) is 17.0 Å². The third-order valence-electron chi connectivity index (χ3n) is 6.19. The van der Waals surface area contributed by atoms with E-state index in [0.717, 1.165) is 37.9 Å². The van der Waals surface area contributed by atoms with Gasteiger partial charge in [0.05, 0.1) is 11.3 Å². The molecule has 8 nitrogen and oxygen atoms in total. The van der Waals surface area contributed by atoms with E-state index in [-0.39, 0.29) is 21.8 Å². The summed E-state index contributed by atoms with van der Waals surface area (Å²) in [5.74, 6) is -0.814. The molecule has 2 aromatic heterocycles. The van der Waals surface area contributed by atoms with Gasteiger partial charge < -0.3 is 4.90 Å². The molecule has 2 amide bonds. The SMILES string of the molecule is Cc1cccn2c(=O)c(/C=C3/C(=O)NC(=S)N(c4ccc(Cl)cc4)C3=O)c(N3CCCCC3)nc12. The highest BCUT2D eigenvalue weighted by atomic mass is 35.5. The van der Waals surface area contributed by atoms with Crippen LogP contribution in [0.5, 0.6) is 0 Å². The highest BCUT2D eigenvalue weighted by Gasteiger charge is 2.35. The lowest BCUT2D eigenvalue weighted by Gasteiger charge is -2.30. The Bertz CT molecular complexity index is 1460. The van der Waals surface area contributed by atoms with Crippen molar-refractivity contribution in [2.24, 2.45) is 0 Å². The number of fused-ring (bicyclic) bond motifs is 1. The molecule has 0 atom stereocenters. The summed E-state index contributed by atoms with van der Waals surface area (Å²) in [5, 5.41) is 3.02. The lowest BCUT2D eigenvalue weighted by Crippen LogP contribution is -2.54. The first kappa shape index (κ1) is 23.2. The molecule has 0 saturated carbocycles. The lowest BCUT2D eigenvalue weighted by molar-refractivity contribution is -0.122. The molecule has 1 N–H and O–H groups in total. The van der Waals surface area contributed by atoms with Crippen LogP contribution in [0.2, 0.25) is 5.02 Å². The number of benzene rings is 1. The summed E-state index contributed by atoms with van der Waals surface area (Å²) in [5.41, 5.74) is 1.50. The van der Waals surface area contributed by atoms with Gasteiger partial charge in [0.25, 0.3) is 17.4 Å². The van der Waals surface area contributed by atoms with Crippen LogP contribution in [0, 0.1) is 6.92 Å². The van der Waals surface area contributed by atoms with Crippen molar-refractivity contribution >= 4 is 64.0 Å². The van der Waals surface area contributed by atoms with Crippen molar-refractivity contribution in [3.8, 4) is 0 Å². The predicted molar refractivity (Wildman–Crippen MR) is 140 cm³/mol. The molecule has 1 aromatic carbocycles. The molecule has 5 rings (SSSR count). The summed E-state index contributed by atoms with van der Waals surface area (Å²) in [6.07, 6.45) is 6.03. The summed E-state index contributed by atoms with van der Waals surface area (Å²) in [7, 11) is 0. The van der Waals surface area contributed by atoms with E-state index in [1.165, 1.54) is 15.4 Å². The van der Waals surface area contributed by atoms with Crippen LogP contribution < -0.4 is 20.7 Å². The highest BCUT2D eigenvalue weighted by molar-refractivity contribution is 7.80.